The number of sulfonamides is 1. The number of hydrogen-bond donors (Lipinski definition) is 2. The van der Waals surface area contributed by atoms with Crippen LogP contribution in [0.15, 0.2) is 18.2 Å². The number of anilines is 2. The number of rotatable bonds is 6. The van der Waals surface area contributed by atoms with E-state index >= 15 is 0 Å². The Hall–Kier alpha value is -1.47. The number of nitrogens with one attached hydrogen (secondary N) is 1. The third kappa shape index (κ3) is 5.35. The Morgan fingerprint density at radius 3 is 2.74 bits per heavy atom. The molecular weight excluding hydrogens is 292 g/mol. The summed E-state index contributed by atoms with van der Waals surface area (Å²) in [5.41, 5.74) is 6.17. The lowest BCUT2D eigenvalue weighted by Crippen LogP contribution is -2.20. The third-order valence-corrected chi connectivity index (χ3v) is 3.77. The summed E-state index contributed by atoms with van der Waals surface area (Å²) in [4.78, 5) is 11.1. The molecule has 0 radical (unpaired) electrons. The van der Waals surface area contributed by atoms with Crippen LogP contribution in [-0.4, -0.2) is 26.7 Å². The molecule has 19 heavy (non-hydrogen) atoms. The monoisotopic (exact) mass is 306 g/mol. The van der Waals surface area contributed by atoms with Gasteiger partial charge in [-0.15, -0.1) is 0 Å². The van der Waals surface area contributed by atoms with Gasteiger partial charge in [0, 0.05) is 0 Å². The predicted octanol–water partition coefficient (Wildman–Crippen LogP) is 1.62. The number of halogens is 1. The zero-order valence-corrected chi connectivity index (χ0v) is 11.9. The number of nitrogen functional groups attached to an aromatic ring is 1. The number of esters is 1. The minimum atomic E-state index is -3.63. The van der Waals surface area contributed by atoms with Crippen molar-refractivity contribution in [2.24, 2.45) is 0 Å². The normalized spacial score (nSPS) is 11.1. The Morgan fingerprint density at radius 1 is 1.47 bits per heavy atom. The predicted molar refractivity (Wildman–Crippen MR) is 74.5 cm³/mol. The van der Waals surface area contributed by atoms with Gasteiger partial charge in [-0.1, -0.05) is 11.6 Å². The quantitative estimate of drug-likeness (QED) is 0.614. The number of carbonyl (C=O) groups is 1. The van der Waals surface area contributed by atoms with E-state index in [1.807, 2.05) is 0 Å². The summed E-state index contributed by atoms with van der Waals surface area (Å²) >= 11 is 5.78. The highest BCUT2D eigenvalue weighted by Gasteiger charge is 2.14. The molecule has 0 aliphatic rings. The molecule has 6 nitrogen and oxygen atoms in total. The largest absolute Gasteiger partial charge is 0.466 e. The molecule has 0 aliphatic heterocycles. The molecule has 0 spiro atoms. The van der Waals surface area contributed by atoms with E-state index in [-0.39, 0.29) is 23.8 Å². The van der Waals surface area contributed by atoms with Crippen LogP contribution in [0.25, 0.3) is 0 Å². The first-order valence-corrected chi connectivity index (χ1v) is 7.58. The van der Waals surface area contributed by atoms with Crippen LogP contribution in [0, 0.1) is 0 Å². The summed E-state index contributed by atoms with van der Waals surface area (Å²) in [6.45, 7) is 1.88. The second-order valence-corrected chi connectivity index (χ2v) is 5.96. The van der Waals surface area contributed by atoms with E-state index in [1.54, 1.807) is 6.92 Å². The molecule has 0 atom stereocenters. The van der Waals surface area contributed by atoms with Crippen molar-refractivity contribution >= 4 is 39.0 Å². The summed E-state index contributed by atoms with van der Waals surface area (Å²) < 4.78 is 30.4. The molecule has 0 fully saturated rings. The van der Waals surface area contributed by atoms with Crippen molar-refractivity contribution in [3.8, 4) is 0 Å². The number of hydrogen-bond acceptors (Lipinski definition) is 5. The molecule has 0 saturated heterocycles. The summed E-state index contributed by atoms with van der Waals surface area (Å²) in [5, 5.41) is 0.255. The van der Waals surface area contributed by atoms with Crippen LogP contribution in [0.1, 0.15) is 13.3 Å². The molecule has 0 bridgehead atoms. The van der Waals surface area contributed by atoms with Crippen LogP contribution in [-0.2, 0) is 19.6 Å². The first-order chi connectivity index (χ1) is 8.84. The first-order valence-electron chi connectivity index (χ1n) is 5.55. The molecule has 0 unspecified atom stereocenters. The Morgan fingerprint density at radius 2 is 2.16 bits per heavy atom. The van der Waals surface area contributed by atoms with E-state index in [1.165, 1.54) is 18.2 Å². The smallest absolute Gasteiger partial charge is 0.306 e. The van der Waals surface area contributed by atoms with Gasteiger partial charge in [-0.2, -0.15) is 0 Å². The molecular formula is C11H15ClN2O4S. The van der Waals surface area contributed by atoms with Crippen LogP contribution in [0.3, 0.4) is 0 Å². The number of ether oxygens (including phenoxy) is 1. The van der Waals surface area contributed by atoms with Crippen molar-refractivity contribution in [1.82, 2.24) is 0 Å². The molecule has 0 saturated carbocycles. The minimum Gasteiger partial charge on any atom is -0.466 e. The molecule has 3 N–H and O–H groups in total. The van der Waals surface area contributed by atoms with Gasteiger partial charge in [0.25, 0.3) is 0 Å². The summed E-state index contributed by atoms with van der Waals surface area (Å²) in [7, 11) is -3.63. The summed E-state index contributed by atoms with van der Waals surface area (Å²) in [5.74, 6) is -0.906. The molecule has 0 aromatic heterocycles. The summed E-state index contributed by atoms with van der Waals surface area (Å²) in [6.07, 6.45) is -0.203. The van der Waals surface area contributed by atoms with Crippen LogP contribution in [0.5, 0.6) is 0 Å². The molecule has 1 rings (SSSR count). The fraction of sp³-hybridized carbons (Fsp3) is 0.364. The van der Waals surface area contributed by atoms with Gasteiger partial charge in [-0.05, 0) is 25.1 Å². The van der Waals surface area contributed by atoms with Crippen molar-refractivity contribution in [3.63, 3.8) is 0 Å². The second kappa shape index (κ2) is 6.63. The number of benzene rings is 1. The van der Waals surface area contributed by atoms with Gasteiger partial charge in [0.05, 0.1) is 35.2 Å². The van der Waals surface area contributed by atoms with E-state index in [2.05, 4.69) is 9.46 Å². The van der Waals surface area contributed by atoms with Gasteiger partial charge in [-0.25, -0.2) is 8.42 Å². The molecule has 106 valence electrons. The Kier molecular flexibility index (Phi) is 5.44. The lowest BCUT2D eigenvalue weighted by Gasteiger charge is -2.08. The number of nitrogens with two attached hydrogens (primary N) is 1. The standard InChI is InChI=1S/C11H15ClN2O4S/c1-2-18-11(15)5-6-19(16,17)14-8-3-4-10(13)9(12)7-8/h3-4,7,14H,2,5-6,13H2,1H3. The fourth-order valence-electron chi connectivity index (χ4n) is 1.27. The Balaban J connectivity index is 2.64. The second-order valence-electron chi connectivity index (χ2n) is 3.71. The van der Waals surface area contributed by atoms with Gasteiger partial charge in [0.2, 0.25) is 10.0 Å². The van der Waals surface area contributed by atoms with E-state index in [0.29, 0.717) is 11.4 Å². The van der Waals surface area contributed by atoms with Crippen LogP contribution in [0.2, 0.25) is 5.02 Å². The molecule has 0 amide bonds. The SMILES string of the molecule is CCOC(=O)CCS(=O)(=O)Nc1ccc(N)c(Cl)c1. The van der Waals surface area contributed by atoms with E-state index in [0.717, 1.165) is 0 Å². The van der Waals surface area contributed by atoms with Crippen LogP contribution < -0.4 is 10.5 Å². The maximum absolute atomic E-state index is 11.7. The van der Waals surface area contributed by atoms with E-state index in [9.17, 15) is 13.2 Å². The fourth-order valence-corrected chi connectivity index (χ4v) is 2.48. The third-order valence-electron chi connectivity index (χ3n) is 2.15. The van der Waals surface area contributed by atoms with Crippen LogP contribution in [0.4, 0.5) is 11.4 Å². The van der Waals surface area contributed by atoms with E-state index in [4.69, 9.17) is 17.3 Å². The summed E-state index contributed by atoms with van der Waals surface area (Å²) in [6, 6.07) is 4.38. The Bertz CT molecular complexity index is 560. The average Bonchev–Trinajstić information content (AvgIpc) is 2.32. The highest BCUT2D eigenvalue weighted by Crippen LogP contribution is 2.23. The molecule has 1 aromatic rings. The van der Waals surface area contributed by atoms with Crippen molar-refractivity contribution in [3.05, 3.63) is 23.2 Å². The van der Waals surface area contributed by atoms with Gasteiger partial charge >= 0.3 is 5.97 Å². The average molecular weight is 307 g/mol. The van der Waals surface area contributed by atoms with Crippen molar-refractivity contribution in [2.45, 2.75) is 13.3 Å². The molecule has 8 heteroatoms. The molecule has 0 aliphatic carbocycles. The lowest BCUT2D eigenvalue weighted by molar-refractivity contribution is -0.142. The van der Waals surface area contributed by atoms with Crippen molar-refractivity contribution < 1.29 is 17.9 Å². The zero-order valence-electron chi connectivity index (χ0n) is 10.3. The van der Waals surface area contributed by atoms with Crippen molar-refractivity contribution in [1.29, 1.82) is 0 Å². The van der Waals surface area contributed by atoms with Gasteiger partial charge in [0.15, 0.2) is 0 Å². The molecule has 0 heterocycles. The van der Waals surface area contributed by atoms with Gasteiger partial charge in [0.1, 0.15) is 0 Å². The van der Waals surface area contributed by atoms with Gasteiger partial charge < -0.3 is 10.5 Å². The highest BCUT2D eigenvalue weighted by molar-refractivity contribution is 7.92. The number of carbonyl (C=O) groups excluding carboxylic acids is 1. The highest BCUT2D eigenvalue weighted by atomic mass is 35.5. The first kappa shape index (κ1) is 15.6. The minimum absolute atomic E-state index is 0.203. The van der Waals surface area contributed by atoms with Crippen molar-refractivity contribution in [2.75, 3.05) is 22.8 Å². The zero-order chi connectivity index (χ0) is 14.5. The lowest BCUT2D eigenvalue weighted by atomic mass is 10.3. The van der Waals surface area contributed by atoms with Crippen LogP contribution >= 0.6 is 11.6 Å². The van der Waals surface area contributed by atoms with Gasteiger partial charge in [-0.3, -0.25) is 9.52 Å². The maximum Gasteiger partial charge on any atom is 0.306 e. The topological polar surface area (TPSA) is 98.5 Å². The Labute approximate surface area is 116 Å². The molecule has 1 aromatic carbocycles. The maximum atomic E-state index is 11.7. The van der Waals surface area contributed by atoms with E-state index < -0.39 is 16.0 Å².